The predicted octanol–water partition coefficient (Wildman–Crippen LogP) is 6.77. The Bertz CT molecular complexity index is 1750. The Labute approximate surface area is 252 Å². The first kappa shape index (κ1) is 28.6. The number of hydrogen-bond acceptors (Lipinski definition) is 4. The molecule has 3 aromatic carbocycles. The topological polar surface area (TPSA) is 88.5 Å². The zero-order valence-electron chi connectivity index (χ0n) is 25.2. The fraction of sp³-hybridized carbons (Fsp3) is 0.306. The van der Waals surface area contributed by atoms with Gasteiger partial charge in [-0.05, 0) is 81.5 Å². The number of aryl methyl sites for hydroxylation is 1. The number of fused-ring (bicyclic) bond motifs is 4. The molecule has 1 amide bonds. The van der Waals surface area contributed by atoms with Crippen LogP contribution in [-0.2, 0) is 19.4 Å². The number of aliphatic hydroxyl groups is 1. The van der Waals surface area contributed by atoms with Crippen molar-refractivity contribution in [2.45, 2.75) is 65.3 Å². The van der Waals surface area contributed by atoms with Gasteiger partial charge in [0, 0.05) is 34.9 Å². The van der Waals surface area contributed by atoms with Crippen LogP contribution in [0.4, 0.5) is 0 Å². The number of hydrogen-bond donors (Lipinski definition) is 3. The van der Waals surface area contributed by atoms with E-state index in [-0.39, 0.29) is 24.7 Å². The molecule has 0 saturated carbocycles. The van der Waals surface area contributed by atoms with Crippen LogP contribution in [0.3, 0.4) is 0 Å². The Balaban J connectivity index is 1.39. The van der Waals surface area contributed by atoms with E-state index in [0.717, 1.165) is 63.3 Å². The van der Waals surface area contributed by atoms with E-state index in [9.17, 15) is 9.90 Å². The molecule has 2 aromatic heterocycles. The van der Waals surface area contributed by atoms with Gasteiger partial charge in [0.25, 0.3) is 5.91 Å². The second-order valence-electron chi connectivity index (χ2n) is 11.8. The van der Waals surface area contributed by atoms with Crippen LogP contribution in [0.2, 0.25) is 0 Å². The second kappa shape index (κ2) is 12.0. The van der Waals surface area contributed by atoms with E-state index in [2.05, 4.69) is 33.1 Å². The number of aliphatic hydroxyl groups excluding tert-OH is 1. The maximum absolute atomic E-state index is 14.0. The summed E-state index contributed by atoms with van der Waals surface area (Å²) in [5.41, 5.74) is 7.68. The van der Waals surface area contributed by atoms with Crippen molar-refractivity contribution in [2.24, 2.45) is 0 Å². The molecular formula is C36H39N3O4. The largest absolute Gasteiger partial charge is 0.487 e. The van der Waals surface area contributed by atoms with Gasteiger partial charge < -0.3 is 29.4 Å². The average molecular weight is 578 g/mol. The summed E-state index contributed by atoms with van der Waals surface area (Å²) in [4.78, 5) is 17.3. The van der Waals surface area contributed by atoms with Crippen molar-refractivity contribution < 1.29 is 19.4 Å². The Kier molecular flexibility index (Phi) is 8.00. The highest BCUT2D eigenvalue weighted by Gasteiger charge is 2.29. The molecule has 1 atom stereocenters. The molecular weight excluding hydrogens is 538 g/mol. The highest BCUT2D eigenvalue weighted by atomic mass is 16.5. The normalized spacial score (nSPS) is 13.2. The van der Waals surface area contributed by atoms with Crippen LogP contribution < -0.4 is 14.8 Å². The van der Waals surface area contributed by atoms with E-state index in [1.165, 1.54) is 0 Å². The molecule has 7 heteroatoms. The number of rotatable bonds is 10. The van der Waals surface area contributed by atoms with Gasteiger partial charge in [0.05, 0.1) is 36.1 Å². The number of nitrogens with one attached hydrogen (secondary N) is 2. The molecule has 0 aliphatic carbocycles. The van der Waals surface area contributed by atoms with E-state index in [1.54, 1.807) is 0 Å². The van der Waals surface area contributed by atoms with Crippen molar-refractivity contribution in [3.05, 3.63) is 95.7 Å². The van der Waals surface area contributed by atoms with Crippen LogP contribution in [0.15, 0.2) is 79.0 Å². The molecule has 5 aromatic rings. The minimum atomic E-state index is -0.443. The summed E-state index contributed by atoms with van der Waals surface area (Å²) < 4.78 is 14.6. The van der Waals surface area contributed by atoms with E-state index >= 15 is 0 Å². The molecule has 222 valence electrons. The van der Waals surface area contributed by atoms with Crippen molar-refractivity contribution in [3.63, 3.8) is 0 Å². The van der Waals surface area contributed by atoms with E-state index in [0.29, 0.717) is 17.7 Å². The van der Waals surface area contributed by atoms with Crippen LogP contribution in [0.5, 0.6) is 11.5 Å². The lowest BCUT2D eigenvalue weighted by Gasteiger charge is -2.25. The Morgan fingerprint density at radius 2 is 1.65 bits per heavy atom. The van der Waals surface area contributed by atoms with Crippen molar-refractivity contribution >= 4 is 16.8 Å². The molecule has 0 fully saturated rings. The molecule has 0 saturated heterocycles. The first-order valence-electron chi connectivity index (χ1n) is 15.1. The van der Waals surface area contributed by atoms with Gasteiger partial charge in [-0.3, -0.25) is 4.79 Å². The number of nitrogens with zero attached hydrogens (tertiary/aromatic N) is 1. The molecule has 1 aliphatic heterocycles. The van der Waals surface area contributed by atoms with Crippen LogP contribution >= 0.6 is 0 Å². The lowest BCUT2D eigenvalue weighted by atomic mass is 9.97. The van der Waals surface area contributed by atoms with Gasteiger partial charge in [0.15, 0.2) is 11.5 Å². The van der Waals surface area contributed by atoms with Crippen molar-refractivity contribution in [2.75, 3.05) is 6.61 Å². The van der Waals surface area contributed by atoms with Gasteiger partial charge in [-0.25, -0.2) is 0 Å². The molecule has 1 unspecified atom stereocenters. The summed E-state index contributed by atoms with van der Waals surface area (Å²) in [7, 11) is 0. The smallest absolute Gasteiger partial charge is 0.253 e. The maximum Gasteiger partial charge on any atom is 0.253 e. The fourth-order valence-electron chi connectivity index (χ4n) is 6.05. The summed E-state index contributed by atoms with van der Waals surface area (Å²) in [6.45, 7) is 8.59. The van der Waals surface area contributed by atoms with Gasteiger partial charge in [0.1, 0.15) is 0 Å². The van der Waals surface area contributed by atoms with Crippen molar-refractivity contribution in [1.29, 1.82) is 0 Å². The van der Waals surface area contributed by atoms with Crippen LogP contribution in [0.25, 0.3) is 33.4 Å². The Morgan fingerprint density at radius 1 is 0.953 bits per heavy atom. The third-order valence-corrected chi connectivity index (χ3v) is 7.86. The number of aromatic amines is 1. The molecule has 6 rings (SSSR count). The van der Waals surface area contributed by atoms with Gasteiger partial charge in [-0.2, -0.15) is 0 Å². The van der Waals surface area contributed by atoms with Gasteiger partial charge in [0.2, 0.25) is 0 Å². The quantitative estimate of drug-likeness (QED) is 0.171. The number of amides is 1. The zero-order valence-corrected chi connectivity index (χ0v) is 25.2. The third-order valence-electron chi connectivity index (χ3n) is 7.86. The van der Waals surface area contributed by atoms with Crippen molar-refractivity contribution in [3.8, 4) is 34.0 Å². The first-order valence-corrected chi connectivity index (χ1v) is 15.1. The minimum Gasteiger partial charge on any atom is -0.487 e. The standard InChI is InChI=1S/C36H39N3O4/c1-22(2)42-33-17-25-14-15-39-32(29(25)19-34(33)43-23(3)4)18-30(35(39)24-10-6-5-7-11-24)36(41)38-27(21-40)16-26-20-37-31-13-9-8-12-28(26)31/h5-13,17-20,22-23,27,37,40H,14-16,21H2,1-4H3,(H,38,41). The maximum atomic E-state index is 14.0. The number of carbonyl (C=O) groups is 1. The minimum absolute atomic E-state index is 0.0169. The first-order chi connectivity index (χ1) is 20.8. The Morgan fingerprint density at radius 3 is 2.37 bits per heavy atom. The predicted molar refractivity (Wildman–Crippen MR) is 171 cm³/mol. The Hall–Kier alpha value is -4.49. The molecule has 1 aliphatic rings. The zero-order chi connectivity index (χ0) is 30.1. The number of aromatic nitrogens is 2. The van der Waals surface area contributed by atoms with Crippen molar-refractivity contribution in [1.82, 2.24) is 14.9 Å². The molecule has 0 spiro atoms. The summed E-state index contributed by atoms with van der Waals surface area (Å²) in [6.07, 6.45) is 3.27. The number of ether oxygens (including phenoxy) is 2. The van der Waals surface area contributed by atoms with E-state index in [4.69, 9.17) is 9.47 Å². The van der Waals surface area contributed by atoms with Gasteiger partial charge in [-0.1, -0.05) is 48.5 Å². The highest BCUT2D eigenvalue weighted by molar-refractivity contribution is 6.02. The summed E-state index contributed by atoms with van der Waals surface area (Å²) in [5.74, 6) is 1.23. The SMILES string of the molecule is CC(C)Oc1cc2c(cc1OC(C)C)-c1cc(C(=O)NC(CO)Cc3c[nH]c4ccccc34)c(-c3ccccc3)n1CC2. The monoisotopic (exact) mass is 577 g/mol. The van der Waals surface area contributed by atoms with Crippen LogP contribution in [0, 0.1) is 0 Å². The summed E-state index contributed by atoms with van der Waals surface area (Å²) in [5, 5.41) is 14.5. The van der Waals surface area contributed by atoms with E-state index in [1.807, 2.05) is 88.5 Å². The summed E-state index contributed by atoms with van der Waals surface area (Å²) >= 11 is 0. The number of benzene rings is 3. The number of para-hydroxylation sites is 1. The molecule has 3 heterocycles. The summed E-state index contributed by atoms with van der Waals surface area (Å²) in [6, 6.07) is 23.8. The average Bonchev–Trinajstić information content (AvgIpc) is 3.59. The molecule has 43 heavy (non-hydrogen) atoms. The lowest BCUT2D eigenvalue weighted by molar-refractivity contribution is 0.0917. The highest BCUT2D eigenvalue weighted by Crippen LogP contribution is 2.43. The van der Waals surface area contributed by atoms with Gasteiger partial charge in [-0.15, -0.1) is 0 Å². The molecule has 7 nitrogen and oxygen atoms in total. The van der Waals surface area contributed by atoms with Crippen LogP contribution in [-0.4, -0.2) is 45.4 Å². The van der Waals surface area contributed by atoms with Crippen LogP contribution in [0.1, 0.15) is 49.2 Å². The molecule has 3 N–H and O–H groups in total. The second-order valence-corrected chi connectivity index (χ2v) is 11.8. The fourth-order valence-corrected chi connectivity index (χ4v) is 6.05. The lowest BCUT2D eigenvalue weighted by Crippen LogP contribution is -2.39. The molecule has 0 radical (unpaired) electrons. The molecule has 0 bridgehead atoms. The van der Waals surface area contributed by atoms with Gasteiger partial charge >= 0.3 is 0 Å². The number of H-pyrrole nitrogens is 1. The number of carbonyl (C=O) groups excluding carboxylic acids is 1. The van der Waals surface area contributed by atoms with E-state index < -0.39 is 6.04 Å². The third kappa shape index (κ3) is 5.77.